The summed E-state index contributed by atoms with van der Waals surface area (Å²) < 4.78 is 5.19. The molecule has 1 aliphatic heterocycles. The first kappa shape index (κ1) is 11.9. The number of hydrogen-bond donors (Lipinski definition) is 0. The zero-order chi connectivity index (χ0) is 11.4. The van der Waals surface area contributed by atoms with E-state index in [0.717, 1.165) is 37.8 Å². The highest BCUT2D eigenvalue weighted by molar-refractivity contribution is 5.71. The van der Waals surface area contributed by atoms with Crippen molar-refractivity contribution in [3.05, 3.63) is 0 Å². The zero-order valence-corrected chi connectivity index (χ0v) is 10.3. The second kappa shape index (κ2) is 5.67. The maximum absolute atomic E-state index is 11.5. The van der Waals surface area contributed by atoms with Crippen molar-refractivity contribution in [1.29, 1.82) is 0 Å². The van der Waals surface area contributed by atoms with E-state index in [2.05, 4.69) is 11.8 Å². The maximum atomic E-state index is 11.5. The number of fused-ring (bicyclic) bond motifs is 1. The summed E-state index contributed by atoms with van der Waals surface area (Å²) in [5, 5.41) is 0. The van der Waals surface area contributed by atoms with E-state index in [-0.39, 0.29) is 5.97 Å². The first-order valence-electron chi connectivity index (χ1n) is 6.67. The van der Waals surface area contributed by atoms with Crippen LogP contribution in [0.25, 0.3) is 0 Å². The third kappa shape index (κ3) is 2.97. The molecular formula is C13H23NO2. The fourth-order valence-corrected chi connectivity index (χ4v) is 3.02. The van der Waals surface area contributed by atoms with Crippen molar-refractivity contribution < 1.29 is 9.53 Å². The molecule has 0 aromatic carbocycles. The van der Waals surface area contributed by atoms with Gasteiger partial charge in [0.25, 0.3) is 0 Å². The van der Waals surface area contributed by atoms with E-state index in [1.807, 2.05) is 0 Å². The molecule has 0 aromatic heterocycles. The molecule has 1 saturated carbocycles. The van der Waals surface area contributed by atoms with Gasteiger partial charge >= 0.3 is 5.97 Å². The first-order valence-corrected chi connectivity index (χ1v) is 6.67. The number of unbranched alkanes of at least 4 members (excludes halogenated alkanes) is 1. The monoisotopic (exact) mass is 225 g/mol. The van der Waals surface area contributed by atoms with Crippen LogP contribution in [0.15, 0.2) is 0 Å². The van der Waals surface area contributed by atoms with E-state index < -0.39 is 0 Å². The molecule has 0 amide bonds. The molecule has 2 unspecified atom stereocenters. The van der Waals surface area contributed by atoms with Gasteiger partial charge in [0.05, 0.1) is 13.2 Å². The van der Waals surface area contributed by atoms with Crippen molar-refractivity contribution in [2.45, 2.75) is 39.0 Å². The number of carbonyl (C=O) groups excluding carboxylic acids is 1. The van der Waals surface area contributed by atoms with Crippen molar-refractivity contribution in [3.63, 3.8) is 0 Å². The number of esters is 1. The fraction of sp³-hybridized carbons (Fsp3) is 0.923. The van der Waals surface area contributed by atoms with Crippen LogP contribution >= 0.6 is 0 Å². The van der Waals surface area contributed by atoms with Crippen LogP contribution in [-0.2, 0) is 9.53 Å². The Morgan fingerprint density at radius 1 is 1.31 bits per heavy atom. The van der Waals surface area contributed by atoms with Crippen molar-refractivity contribution in [3.8, 4) is 0 Å². The van der Waals surface area contributed by atoms with Crippen LogP contribution in [0.5, 0.6) is 0 Å². The quantitative estimate of drug-likeness (QED) is 0.530. The molecule has 2 rings (SSSR count). The molecular weight excluding hydrogens is 202 g/mol. The van der Waals surface area contributed by atoms with Crippen molar-refractivity contribution in [2.75, 3.05) is 26.2 Å². The standard InChI is InChI=1S/C13H23NO2/c1-2-3-7-16-13(15)10-14-8-11-5-4-6-12(11)9-14/h11-12H,2-10H2,1H3. The van der Waals surface area contributed by atoms with E-state index in [4.69, 9.17) is 4.74 Å². The molecule has 0 aromatic rings. The van der Waals surface area contributed by atoms with Gasteiger partial charge in [0.1, 0.15) is 0 Å². The third-order valence-corrected chi connectivity index (χ3v) is 3.92. The molecule has 3 nitrogen and oxygen atoms in total. The minimum Gasteiger partial charge on any atom is -0.465 e. The first-order chi connectivity index (χ1) is 7.79. The SMILES string of the molecule is CCCCOC(=O)CN1CC2CCCC2C1. The molecule has 1 saturated heterocycles. The summed E-state index contributed by atoms with van der Waals surface area (Å²) in [5.41, 5.74) is 0. The summed E-state index contributed by atoms with van der Waals surface area (Å²) in [6.45, 7) is 5.45. The van der Waals surface area contributed by atoms with E-state index in [1.165, 1.54) is 19.3 Å². The Bertz CT molecular complexity index is 230. The normalized spacial score (nSPS) is 29.3. The summed E-state index contributed by atoms with van der Waals surface area (Å²) in [7, 11) is 0. The second-order valence-electron chi connectivity index (χ2n) is 5.22. The highest BCUT2D eigenvalue weighted by atomic mass is 16.5. The number of carbonyl (C=O) groups is 1. The lowest BCUT2D eigenvalue weighted by Crippen LogP contribution is -2.29. The molecule has 0 bridgehead atoms. The molecule has 16 heavy (non-hydrogen) atoms. The lowest BCUT2D eigenvalue weighted by molar-refractivity contribution is -0.144. The summed E-state index contributed by atoms with van der Waals surface area (Å²) in [6, 6.07) is 0. The lowest BCUT2D eigenvalue weighted by atomic mass is 10.0. The summed E-state index contributed by atoms with van der Waals surface area (Å²) >= 11 is 0. The Balaban J connectivity index is 1.65. The third-order valence-electron chi connectivity index (χ3n) is 3.92. The number of rotatable bonds is 5. The summed E-state index contributed by atoms with van der Waals surface area (Å²) in [6.07, 6.45) is 6.19. The predicted molar refractivity (Wildman–Crippen MR) is 63.1 cm³/mol. The zero-order valence-electron chi connectivity index (χ0n) is 10.3. The molecule has 2 aliphatic rings. The van der Waals surface area contributed by atoms with Crippen LogP contribution in [0.1, 0.15) is 39.0 Å². The minimum atomic E-state index is -0.0339. The molecule has 92 valence electrons. The van der Waals surface area contributed by atoms with Gasteiger partial charge in [0.15, 0.2) is 0 Å². The molecule has 0 radical (unpaired) electrons. The minimum absolute atomic E-state index is 0.0339. The van der Waals surface area contributed by atoms with E-state index in [9.17, 15) is 4.79 Å². The topological polar surface area (TPSA) is 29.5 Å². The Morgan fingerprint density at radius 3 is 2.62 bits per heavy atom. The molecule has 2 atom stereocenters. The fourth-order valence-electron chi connectivity index (χ4n) is 3.02. The number of nitrogens with zero attached hydrogens (tertiary/aromatic N) is 1. The number of ether oxygens (including phenoxy) is 1. The van der Waals surface area contributed by atoms with Crippen LogP contribution in [0.3, 0.4) is 0 Å². The van der Waals surface area contributed by atoms with E-state index in [0.29, 0.717) is 13.2 Å². The molecule has 3 heteroatoms. The van der Waals surface area contributed by atoms with Crippen LogP contribution in [0, 0.1) is 11.8 Å². The Hall–Kier alpha value is -0.570. The van der Waals surface area contributed by atoms with Crippen molar-refractivity contribution >= 4 is 5.97 Å². The molecule has 0 spiro atoms. The van der Waals surface area contributed by atoms with Gasteiger partial charge in [-0.15, -0.1) is 0 Å². The average Bonchev–Trinajstić information content (AvgIpc) is 2.78. The van der Waals surface area contributed by atoms with Gasteiger partial charge in [-0.05, 0) is 31.1 Å². The van der Waals surface area contributed by atoms with Crippen molar-refractivity contribution in [1.82, 2.24) is 4.90 Å². The van der Waals surface area contributed by atoms with Crippen LogP contribution in [0.2, 0.25) is 0 Å². The Morgan fingerprint density at radius 2 is 2.00 bits per heavy atom. The summed E-state index contributed by atoms with van der Waals surface area (Å²) in [5.74, 6) is 1.69. The molecule has 1 heterocycles. The molecule has 1 aliphatic carbocycles. The van der Waals surface area contributed by atoms with Crippen LogP contribution < -0.4 is 0 Å². The Kier molecular flexibility index (Phi) is 4.22. The average molecular weight is 225 g/mol. The smallest absolute Gasteiger partial charge is 0.320 e. The number of likely N-dealkylation sites (tertiary alicyclic amines) is 1. The van der Waals surface area contributed by atoms with Crippen LogP contribution in [0.4, 0.5) is 0 Å². The molecule has 0 N–H and O–H groups in total. The highest BCUT2D eigenvalue weighted by Gasteiger charge is 2.36. The number of hydrogen-bond acceptors (Lipinski definition) is 3. The predicted octanol–water partition coefficient (Wildman–Crippen LogP) is 2.06. The second-order valence-corrected chi connectivity index (χ2v) is 5.22. The lowest BCUT2D eigenvalue weighted by Gasteiger charge is -2.15. The van der Waals surface area contributed by atoms with E-state index >= 15 is 0 Å². The highest BCUT2D eigenvalue weighted by Crippen LogP contribution is 2.37. The van der Waals surface area contributed by atoms with Gasteiger partial charge in [0, 0.05) is 13.1 Å². The molecule has 2 fully saturated rings. The van der Waals surface area contributed by atoms with Gasteiger partial charge in [-0.3, -0.25) is 9.69 Å². The van der Waals surface area contributed by atoms with Gasteiger partial charge < -0.3 is 4.74 Å². The van der Waals surface area contributed by atoms with Crippen LogP contribution in [-0.4, -0.2) is 37.1 Å². The summed E-state index contributed by atoms with van der Waals surface area (Å²) in [4.78, 5) is 13.8. The largest absolute Gasteiger partial charge is 0.465 e. The van der Waals surface area contributed by atoms with E-state index in [1.54, 1.807) is 0 Å². The van der Waals surface area contributed by atoms with Crippen molar-refractivity contribution in [2.24, 2.45) is 11.8 Å². The van der Waals surface area contributed by atoms with Gasteiger partial charge in [0.2, 0.25) is 0 Å². The van der Waals surface area contributed by atoms with Gasteiger partial charge in [-0.25, -0.2) is 0 Å². The Labute approximate surface area is 98.1 Å². The maximum Gasteiger partial charge on any atom is 0.320 e. The van der Waals surface area contributed by atoms with Gasteiger partial charge in [-0.1, -0.05) is 19.8 Å². The van der Waals surface area contributed by atoms with Gasteiger partial charge in [-0.2, -0.15) is 0 Å².